The predicted octanol–water partition coefficient (Wildman–Crippen LogP) is 2.87. The van der Waals surface area contributed by atoms with Crippen molar-refractivity contribution >= 4 is 0 Å². The number of benzene rings is 2. The van der Waals surface area contributed by atoms with Crippen LogP contribution >= 0.6 is 0 Å². The Morgan fingerprint density at radius 3 is 2.14 bits per heavy atom. The quantitative estimate of drug-likeness (QED) is 0.758. The van der Waals surface area contributed by atoms with Crippen LogP contribution in [0.4, 0.5) is 0 Å². The second-order valence-corrected chi connectivity index (χ2v) is 4.49. The van der Waals surface area contributed by atoms with Gasteiger partial charge < -0.3 is 19.5 Å². The van der Waals surface area contributed by atoms with E-state index in [2.05, 4.69) is 5.32 Å². The molecule has 21 heavy (non-hydrogen) atoms. The topological polar surface area (TPSA) is 39.7 Å². The lowest BCUT2D eigenvalue weighted by atomic mass is 10.2. The van der Waals surface area contributed by atoms with Crippen molar-refractivity contribution in [3.63, 3.8) is 0 Å². The molecule has 2 aromatic carbocycles. The summed E-state index contributed by atoms with van der Waals surface area (Å²) in [6, 6.07) is 15.6. The standard InChI is InChI=1S/C17H21NO3/c1-19-15-8-4-3-7-14(15)13-18-11-12-21-17-10-6-5-9-16(17)20-2/h3-10,18H,11-13H2,1-2H3. The van der Waals surface area contributed by atoms with Gasteiger partial charge >= 0.3 is 0 Å². The van der Waals surface area contributed by atoms with Crippen molar-refractivity contribution in [2.45, 2.75) is 6.54 Å². The first-order valence-electron chi connectivity index (χ1n) is 6.93. The molecule has 2 aromatic rings. The molecule has 112 valence electrons. The average molecular weight is 287 g/mol. The zero-order valence-corrected chi connectivity index (χ0v) is 12.5. The summed E-state index contributed by atoms with van der Waals surface area (Å²) in [5, 5.41) is 3.34. The summed E-state index contributed by atoms with van der Waals surface area (Å²) < 4.78 is 16.3. The van der Waals surface area contributed by atoms with Crippen LogP contribution in [0.5, 0.6) is 17.2 Å². The van der Waals surface area contributed by atoms with Gasteiger partial charge in [-0.2, -0.15) is 0 Å². The molecule has 0 radical (unpaired) electrons. The molecule has 0 bridgehead atoms. The second kappa shape index (κ2) is 8.17. The number of methoxy groups -OCH3 is 2. The Morgan fingerprint density at radius 2 is 1.43 bits per heavy atom. The summed E-state index contributed by atoms with van der Waals surface area (Å²) >= 11 is 0. The lowest BCUT2D eigenvalue weighted by molar-refractivity contribution is 0.291. The maximum absolute atomic E-state index is 5.70. The van der Waals surface area contributed by atoms with E-state index in [4.69, 9.17) is 14.2 Å². The Labute approximate surface area is 125 Å². The van der Waals surface area contributed by atoms with Crippen LogP contribution in [-0.2, 0) is 6.54 Å². The van der Waals surface area contributed by atoms with Crippen molar-refractivity contribution in [2.24, 2.45) is 0 Å². The van der Waals surface area contributed by atoms with E-state index in [-0.39, 0.29) is 0 Å². The molecule has 2 rings (SSSR count). The third-order valence-corrected chi connectivity index (χ3v) is 3.11. The minimum atomic E-state index is 0.579. The second-order valence-electron chi connectivity index (χ2n) is 4.49. The predicted molar refractivity (Wildman–Crippen MR) is 83.2 cm³/mol. The van der Waals surface area contributed by atoms with Crippen LogP contribution in [0.3, 0.4) is 0 Å². The molecular formula is C17H21NO3. The highest BCUT2D eigenvalue weighted by Gasteiger charge is 2.03. The normalized spacial score (nSPS) is 10.2. The molecule has 1 N–H and O–H groups in total. The molecule has 0 fully saturated rings. The molecule has 4 nitrogen and oxygen atoms in total. The Kier molecular flexibility index (Phi) is 5.91. The molecule has 4 heteroatoms. The maximum atomic E-state index is 5.70. The van der Waals surface area contributed by atoms with Crippen LogP contribution in [0.2, 0.25) is 0 Å². The molecule has 0 saturated carbocycles. The molecule has 0 spiro atoms. The molecule has 0 atom stereocenters. The summed E-state index contributed by atoms with van der Waals surface area (Å²) in [6.45, 7) is 2.07. The van der Waals surface area contributed by atoms with Crippen LogP contribution in [0.25, 0.3) is 0 Å². The highest BCUT2D eigenvalue weighted by molar-refractivity contribution is 5.39. The van der Waals surface area contributed by atoms with Gasteiger partial charge in [0.15, 0.2) is 11.5 Å². The van der Waals surface area contributed by atoms with Crippen LogP contribution in [0.1, 0.15) is 5.56 Å². The molecular weight excluding hydrogens is 266 g/mol. The third-order valence-electron chi connectivity index (χ3n) is 3.11. The van der Waals surface area contributed by atoms with E-state index in [0.29, 0.717) is 6.61 Å². The van der Waals surface area contributed by atoms with E-state index < -0.39 is 0 Å². The van der Waals surface area contributed by atoms with Crippen LogP contribution in [0, 0.1) is 0 Å². The lowest BCUT2D eigenvalue weighted by Crippen LogP contribution is -2.21. The van der Waals surface area contributed by atoms with Gasteiger partial charge in [-0.25, -0.2) is 0 Å². The first-order chi connectivity index (χ1) is 10.3. The zero-order valence-electron chi connectivity index (χ0n) is 12.5. The summed E-state index contributed by atoms with van der Waals surface area (Å²) in [6.07, 6.45) is 0. The van der Waals surface area contributed by atoms with Crippen molar-refractivity contribution < 1.29 is 14.2 Å². The van der Waals surface area contributed by atoms with E-state index in [1.165, 1.54) is 0 Å². The minimum absolute atomic E-state index is 0.579. The van der Waals surface area contributed by atoms with Crippen LogP contribution < -0.4 is 19.5 Å². The van der Waals surface area contributed by atoms with Crippen LogP contribution in [-0.4, -0.2) is 27.4 Å². The Bertz CT molecular complexity index is 508. The Hall–Kier alpha value is -2.20. The van der Waals surface area contributed by atoms with Gasteiger partial charge in [0.05, 0.1) is 14.2 Å². The Balaban J connectivity index is 1.75. The maximum Gasteiger partial charge on any atom is 0.161 e. The van der Waals surface area contributed by atoms with Crippen molar-refractivity contribution in [1.29, 1.82) is 0 Å². The van der Waals surface area contributed by atoms with Gasteiger partial charge in [0.1, 0.15) is 12.4 Å². The highest BCUT2D eigenvalue weighted by Crippen LogP contribution is 2.25. The van der Waals surface area contributed by atoms with Crippen molar-refractivity contribution in [3.8, 4) is 17.2 Å². The molecule has 0 amide bonds. The number of ether oxygens (including phenoxy) is 3. The highest BCUT2D eigenvalue weighted by atomic mass is 16.5. The van der Waals surface area contributed by atoms with Gasteiger partial charge in [0.2, 0.25) is 0 Å². The van der Waals surface area contributed by atoms with E-state index in [1.54, 1.807) is 14.2 Å². The van der Waals surface area contributed by atoms with Crippen molar-refractivity contribution in [3.05, 3.63) is 54.1 Å². The first kappa shape index (κ1) is 15.2. The Morgan fingerprint density at radius 1 is 0.810 bits per heavy atom. The fraction of sp³-hybridized carbons (Fsp3) is 0.294. The van der Waals surface area contributed by atoms with Gasteiger partial charge in [0.25, 0.3) is 0 Å². The van der Waals surface area contributed by atoms with E-state index in [9.17, 15) is 0 Å². The third kappa shape index (κ3) is 4.39. The van der Waals surface area contributed by atoms with Gasteiger partial charge in [-0.3, -0.25) is 0 Å². The smallest absolute Gasteiger partial charge is 0.161 e. The number of hydrogen-bond donors (Lipinski definition) is 1. The minimum Gasteiger partial charge on any atom is -0.496 e. The SMILES string of the molecule is COc1ccccc1CNCCOc1ccccc1OC. The number of hydrogen-bond acceptors (Lipinski definition) is 4. The molecule has 0 aliphatic heterocycles. The number of para-hydroxylation sites is 3. The van der Waals surface area contributed by atoms with Gasteiger partial charge in [-0.1, -0.05) is 30.3 Å². The van der Waals surface area contributed by atoms with E-state index in [0.717, 1.165) is 35.9 Å². The molecule has 0 aromatic heterocycles. The summed E-state index contributed by atoms with van der Waals surface area (Å²) in [5.74, 6) is 2.41. The molecule has 0 heterocycles. The molecule has 0 saturated heterocycles. The summed E-state index contributed by atoms with van der Waals surface area (Å²) in [4.78, 5) is 0. The largest absolute Gasteiger partial charge is 0.496 e. The molecule has 0 aliphatic carbocycles. The monoisotopic (exact) mass is 287 g/mol. The number of rotatable bonds is 8. The fourth-order valence-corrected chi connectivity index (χ4v) is 2.04. The number of nitrogens with one attached hydrogen (secondary N) is 1. The summed E-state index contributed by atoms with van der Waals surface area (Å²) in [7, 11) is 3.33. The molecule has 0 unspecified atom stereocenters. The van der Waals surface area contributed by atoms with Crippen molar-refractivity contribution in [2.75, 3.05) is 27.4 Å². The van der Waals surface area contributed by atoms with E-state index >= 15 is 0 Å². The van der Waals surface area contributed by atoms with Gasteiger partial charge in [0, 0.05) is 18.7 Å². The lowest BCUT2D eigenvalue weighted by Gasteiger charge is -2.12. The average Bonchev–Trinajstić information content (AvgIpc) is 2.55. The van der Waals surface area contributed by atoms with Gasteiger partial charge in [-0.15, -0.1) is 0 Å². The fourth-order valence-electron chi connectivity index (χ4n) is 2.04. The molecule has 0 aliphatic rings. The zero-order chi connectivity index (χ0) is 14.9. The van der Waals surface area contributed by atoms with Crippen molar-refractivity contribution in [1.82, 2.24) is 5.32 Å². The van der Waals surface area contributed by atoms with Gasteiger partial charge in [-0.05, 0) is 18.2 Å². The van der Waals surface area contributed by atoms with Crippen LogP contribution in [0.15, 0.2) is 48.5 Å². The first-order valence-corrected chi connectivity index (χ1v) is 6.93. The summed E-state index contributed by atoms with van der Waals surface area (Å²) in [5.41, 5.74) is 1.14. The van der Waals surface area contributed by atoms with E-state index in [1.807, 2.05) is 48.5 Å².